The number of benzene rings is 3. The van der Waals surface area contributed by atoms with Gasteiger partial charge in [0, 0.05) is 10.8 Å². The van der Waals surface area contributed by atoms with Gasteiger partial charge < -0.3 is 9.30 Å². The van der Waals surface area contributed by atoms with E-state index in [9.17, 15) is 9.59 Å². The molecule has 0 bridgehead atoms. The highest BCUT2D eigenvalue weighted by Gasteiger charge is 2.14. The van der Waals surface area contributed by atoms with Crippen molar-refractivity contribution in [3.8, 4) is 5.75 Å². The molecule has 0 N–H and O–H groups in total. The van der Waals surface area contributed by atoms with E-state index >= 15 is 0 Å². The Labute approximate surface area is 150 Å². The second kappa shape index (κ2) is 6.48. The van der Waals surface area contributed by atoms with E-state index in [1.165, 1.54) is 0 Å². The number of carbonyl (C=O) groups excluding carboxylic acids is 1. The normalized spacial score (nSPS) is 11.0. The minimum atomic E-state index is -0.382. The molecule has 4 nitrogen and oxygen atoms in total. The Morgan fingerprint density at radius 1 is 0.846 bits per heavy atom. The second-order valence-electron chi connectivity index (χ2n) is 6.24. The third kappa shape index (κ3) is 2.86. The molecule has 0 aliphatic heterocycles. The van der Waals surface area contributed by atoms with Gasteiger partial charge in [-0.1, -0.05) is 42.0 Å². The highest BCUT2D eigenvalue weighted by atomic mass is 16.5. The van der Waals surface area contributed by atoms with Crippen LogP contribution in [-0.2, 0) is 11.3 Å². The molecule has 0 saturated heterocycles. The molecule has 0 saturated carbocycles. The van der Waals surface area contributed by atoms with Crippen LogP contribution in [0.4, 0.5) is 0 Å². The third-order valence-electron chi connectivity index (χ3n) is 4.42. The highest BCUT2D eigenvalue weighted by molar-refractivity contribution is 5.94. The number of aryl methyl sites for hydroxylation is 1. The van der Waals surface area contributed by atoms with Crippen LogP contribution in [0, 0.1) is 6.92 Å². The van der Waals surface area contributed by atoms with Crippen LogP contribution in [0.2, 0.25) is 0 Å². The van der Waals surface area contributed by atoms with Gasteiger partial charge in [-0.25, -0.2) is 4.79 Å². The van der Waals surface area contributed by atoms with Crippen molar-refractivity contribution in [3.05, 3.63) is 88.6 Å². The van der Waals surface area contributed by atoms with E-state index in [0.29, 0.717) is 16.5 Å². The number of carbonyl (C=O) groups is 1. The maximum Gasteiger partial charge on any atom is 0.331 e. The quantitative estimate of drug-likeness (QED) is 0.320. The molecule has 4 aromatic rings. The van der Waals surface area contributed by atoms with Crippen LogP contribution < -0.4 is 10.2 Å². The predicted molar refractivity (Wildman–Crippen MR) is 103 cm³/mol. The van der Waals surface area contributed by atoms with Gasteiger partial charge >= 0.3 is 5.97 Å². The van der Waals surface area contributed by atoms with Crippen molar-refractivity contribution in [2.24, 2.45) is 0 Å². The highest BCUT2D eigenvalue weighted by Crippen LogP contribution is 2.20. The standard InChI is InChI=1S/C22H17NO3/c1-15-10-12-16(13-11-15)26-21(24)14-23-19-8-4-2-6-17(19)22(25)18-7-3-5-9-20(18)23/h2-13H,14H2,1H3. The summed E-state index contributed by atoms with van der Waals surface area (Å²) >= 11 is 0. The van der Waals surface area contributed by atoms with E-state index < -0.39 is 0 Å². The zero-order valence-corrected chi connectivity index (χ0v) is 14.3. The van der Waals surface area contributed by atoms with Gasteiger partial charge in [-0.15, -0.1) is 0 Å². The molecule has 0 radical (unpaired) electrons. The SMILES string of the molecule is Cc1ccc(OC(=O)Cn2c3ccccc3c(=O)c3ccccc32)cc1. The summed E-state index contributed by atoms with van der Waals surface area (Å²) in [4.78, 5) is 25.2. The van der Waals surface area contributed by atoms with Gasteiger partial charge in [0.1, 0.15) is 12.3 Å². The number of esters is 1. The van der Waals surface area contributed by atoms with Crippen LogP contribution in [0.1, 0.15) is 5.56 Å². The third-order valence-corrected chi connectivity index (χ3v) is 4.42. The second-order valence-corrected chi connectivity index (χ2v) is 6.24. The molecule has 128 valence electrons. The van der Waals surface area contributed by atoms with Crippen molar-refractivity contribution >= 4 is 27.8 Å². The summed E-state index contributed by atoms with van der Waals surface area (Å²) in [6.07, 6.45) is 0. The molecule has 0 unspecified atom stereocenters. The summed E-state index contributed by atoms with van der Waals surface area (Å²) in [7, 11) is 0. The maximum atomic E-state index is 12.7. The minimum absolute atomic E-state index is 0.0230. The number of rotatable bonds is 3. The molecule has 4 heteroatoms. The van der Waals surface area contributed by atoms with E-state index in [1.807, 2.05) is 60.0 Å². The number of nitrogens with zero attached hydrogens (tertiary/aromatic N) is 1. The largest absolute Gasteiger partial charge is 0.425 e. The summed E-state index contributed by atoms with van der Waals surface area (Å²) in [5, 5.41) is 1.18. The first kappa shape index (κ1) is 16.1. The van der Waals surface area contributed by atoms with Gasteiger partial charge in [0.05, 0.1) is 11.0 Å². The van der Waals surface area contributed by atoms with Gasteiger partial charge in [-0.3, -0.25) is 4.79 Å². The number of ether oxygens (including phenoxy) is 1. The van der Waals surface area contributed by atoms with Crippen molar-refractivity contribution in [2.75, 3.05) is 0 Å². The Bertz CT molecular complexity index is 1110. The monoisotopic (exact) mass is 343 g/mol. The maximum absolute atomic E-state index is 12.7. The lowest BCUT2D eigenvalue weighted by Crippen LogP contribution is -2.19. The number of aromatic nitrogens is 1. The average molecular weight is 343 g/mol. The van der Waals surface area contributed by atoms with E-state index in [0.717, 1.165) is 16.6 Å². The summed E-state index contributed by atoms with van der Waals surface area (Å²) in [6, 6.07) is 22.0. The molecule has 1 heterocycles. The molecule has 0 atom stereocenters. The van der Waals surface area contributed by atoms with E-state index in [1.54, 1.807) is 24.3 Å². The Morgan fingerprint density at radius 2 is 1.38 bits per heavy atom. The van der Waals surface area contributed by atoms with Crippen LogP contribution in [0.25, 0.3) is 21.8 Å². The molecule has 0 spiro atoms. The predicted octanol–water partition coefficient (Wildman–Crippen LogP) is 4.07. The first-order valence-corrected chi connectivity index (χ1v) is 8.41. The first-order chi connectivity index (χ1) is 12.6. The van der Waals surface area contributed by atoms with Crippen LogP contribution in [0.3, 0.4) is 0 Å². The molecule has 0 fully saturated rings. The van der Waals surface area contributed by atoms with Crippen molar-refractivity contribution in [1.82, 2.24) is 4.57 Å². The molecule has 0 aliphatic rings. The van der Waals surface area contributed by atoms with Crippen molar-refractivity contribution in [1.29, 1.82) is 0 Å². The van der Waals surface area contributed by atoms with E-state index in [2.05, 4.69) is 0 Å². The topological polar surface area (TPSA) is 48.3 Å². The average Bonchev–Trinajstić information content (AvgIpc) is 2.67. The van der Waals surface area contributed by atoms with Crippen LogP contribution in [0.15, 0.2) is 77.6 Å². The van der Waals surface area contributed by atoms with Crippen LogP contribution in [0.5, 0.6) is 5.75 Å². The van der Waals surface area contributed by atoms with Gasteiger partial charge in [0.2, 0.25) is 0 Å². The molecule has 1 aromatic heterocycles. The number of para-hydroxylation sites is 2. The van der Waals surface area contributed by atoms with Gasteiger partial charge in [-0.2, -0.15) is 0 Å². The number of hydrogen-bond donors (Lipinski definition) is 0. The molecule has 4 rings (SSSR count). The number of fused-ring (bicyclic) bond motifs is 2. The van der Waals surface area contributed by atoms with Crippen LogP contribution in [-0.4, -0.2) is 10.5 Å². The molecule has 3 aromatic carbocycles. The Hall–Kier alpha value is -3.40. The van der Waals surface area contributed by atoms with Crippen LogP contribution >= 0.6 is 0 Å². The number of hydrogen-bond acceptors (Lipinski definition) is 3. The molecule has 26 heavy (non-hydrogen) atoms. The fourth-order valence-electron chi connectivity index (χ4n) is 3.15. The molecule has 0 aliphatic carbocycles. The molecular weight excluding hydrogens is 326 g/mol. The molecular formula is C22H17NO3. The van der Waals surface area contributed by atoms with Crippen molar-refractivity contribution in [3.63, 3.8) is 0 Å². The van der Waals surface area contributed by atoms with Crippen molar-refractivity contribution in [2.45, 2.75) is 13.5 Å². The Kier molecular flexibility index (Phi) is 4.01. The smallest absolute Gasteiger partial charge is 0.331 e. The summed E-state index contributed by atoms with van der Waals surface area (Å²) in [6.45, 7) is 2.00. The van der Waals surface area contributed by atoms with Gasteiger partial charge in [-0.05, 0) is 43.3 Å². The fourth-order valence-corrected chi connectivity index (χ4v) is 3.15. The first-order valence-electron chi connectivity index (χ1n) is 8.41. The minimum Gasteiger partial charge on any atom is -0.425 e. The molecule has 0 amide bonds. The van der Waals surface area contributed by atoms with Crippen molar-refractivity contribution < 1.29 is 9.53 Å². The summed E-state index contributed by atoms with van der Waals surface area (Å²) in [5.74, 6) is 0.128. The summed E-state index contributed by atoms with van der Waals surface area (Å²) in [5.41, 5.74) is 2.51. The van der Waals surface area contributed by atoms with E-state index in [-0.39, 0.29) is 17.9 Å². The lowest BCUT2D eigenvalue weighted by Gasteiger charge is -2.14. The summed E-state index contributed by atoms with van der Waals surface area (Å²) < 4.78 is 7.30. The van der Waals surface area contributed by atoms with Gasteiger partial charge in [0.25, 0.3) is 0 Å². The lowest BCUT2D eigenvalue weighted by atomic mass is 10.1. The zero-order valence-electron chi connectivity index (χ0n) is 14.3. The zero-order chi connectivity index (χ0) is 18.1. The lowest BCUT2D eigenvalue weighted by molar-refractivity contribution is -0.134. The Morgan fingerprint density at radius 3 is 1.96 bits per heavy atom. The Balaban J connectivity index is 1.79. The van der Waals surface area contributed by atoms with Gasteiger partial charge in [0.15, 0.2) is 5.43 Å². The van der Waals surface area contributed by atoms with E-state index in [4.69, 9.17) is 4.74 Å². The fraction of sp³-hybridized carbons (Fsp3) is 0.0909. The number of pyridine rings is 1.